The van der Waals surface area contributed by atoms with Gasteiger partial charge in [0.1, 0.15) is 5.58 Å². The summed E-state index contributed by atoms with van der Waals surface area (Å²) in [7, 11) is 0. The SMILES string of the molecule is Clc1cccc2c1oc1cccc(-n3c4ccccc4c4ccccc43)c12. The van der Waals surface area contributed by atoms with Crippen molar-refractivity contribution in [1.29, 1.82) is 0 Å². The molecule has 0 aliphatic heterocycles. The monoisotopic (exact) mass is 367 g/mol. The van der Waals surface area contributed by atoms with Crippen LogP contribution in [-0.2, 0) is 0 Å². The number of aromatic nitrogens is 1. The maximum absolute atomic E-state index is 6.40. The van der Waals surface area contributed by atoms with E-state index >= 15 is 0 Å². The quantitative estimate of drug-likeness (QED) is 0.297. The largest absolute Gasteiger partial charge is 0.454 e. The summed E-state index contributed by atoms with van der Waals surface area (Å²) >= 11 is 6.40. The third kappa shape index (κ3) is 1.96. The molecule has 0 unspecified atom stereocenters. The van der Waals surface area contributed by atoms with Crippen LogP contribution in [0.25, 0.3) is 49.4 Å². The molecule has 0 aliphatic rings. The van der Waals surface area contributed by atoms with E-state index in [-0.39, 0.29) is 0 Å². The first-order valence-electron chi connectivity index (χ1n) is 8.91. The van der Waals surface area contributed by atoms with Crippen LogP contribution in [0.1, 0.15) is 0 Å². The first-order chi connectivity index (χ1) is 13.3. The summed E-state index contributed by atoms with van der Waals surface area (Å²) < 4.78 is 8.42. The van der Waals surface area contributed by atoms with Crippen molar-refractivity contribution >= 4 is 55.3 Å². The van der Waals surface area contributed by atoms with Gasteiger partial charge in [0.15, 0.2) is 5.58 Å². The topological polar surface area (TPSA) is 18.1 Å². The van der Waals surface area contributed by atoms with E-state index in [9.17, 15) is 0 Å². The van der Waals surface area contributed by atoms with Crippen LogP contribution in [0.4, 0.5) is 0 Å². The molecule has 128 valence electrons. The van der Waals surface area contributed by atoms with Crippen molar-refractivity contribution in [2.75, 3.05) is 0 Å². The zero-order valence-electron chi connectivity index (χ0n) is 14.3. The predicted octanol–water partition coefficient (Wildman–Crippen LogP) is 7.34. The number of benzene rings is 4. The second kappa shape index (κ2) is 5.38. The van der Waals surface area contributed by atoms with Gasteiger partial charge in [-0.05, 0) is 30.3 Å². The number of rotatable bonds is 1. The fourth-order valence-electron chi connectivity index (χ4n) is 4.16. The Morgan fingerprint density at radius 2 is 1.26 bits per heavy atom. The molecule has 0 saturated carbocycles. The number of hydrogen-bond donors (Lipinski definition) is 0. The van der Waals surface area contributed by atoms with Crippen molar-refractivity contribution in [1.82, 2.24) is 4.57 Å². The highest BCUT2D eigenvalue weighted by Gasteiger charge is 2.17. The summed E-state index contributed by atoms with van der Waals surface area (Å²) in [5.41, 5.74) is 5.05. The normalized spacial score (nSPS) is 11.9. The van der Waals surface area contributed by atoms with Gasteiger partial charge in [-0.1, -0.05) is 66.2 Å². The lowest BCUT2D eigenvalue weighted by atomic mass is 10.1. The van der Waals surface area contributed by atoms with Crippen molar-refractivity contribution in [2.24, 2.45) is 0 Å². The van der Waals surface area contributed by atoms with Gasteiger partial charge in [-0.25, -0.2) is 0 Å². The summed E-state index contributed by atoms with van der Waals surface area (Å²) in [4.78, 5) is 0. The Morgan fingerprint density at radius 3 is 2.00 bits per heavy atom. The van der Waals surface area contributed by atoms with Gasteiger partial charge in [0.25, 0.3) is 0 Å². The number of furan rings is 1. The number of halogens is 1. The maximum Gasteiger partial charge on any atom is 0.154 e. The Labute approximate surface area is 160 Å². The molecule has 2 heterocycles. The van der Waals surface area contributed by atoms with Crippen LogP contribution in [0, 0.1) is 0 Å². The summed E-state index contributed by atoms with van der Waals surface area (Å²) in [5, 5.41) is 5.25. The lowest BCUT2D eigenvalue weighted by Crippen LogP contribution is -1.94. The van der Waals surface area contributed by atoms with E-state index in [2.05, 4.69) is 65.2 Å². The van der Waals surface area contributed by atoms with E-state index in [1.165, 1.54) is 21.8 Å². The zero-order chi connectivity index (χ0) is 18.0. The molecule has 0 amide bonds. The average Bonchev–Trinajstić information content (AvgIpc) is 3.25. The molecular formula is C24H14ClNO. The van der Waals surface area contributed by atoms with Crippen LogP contribution in [0.2, 0.25) is 5.02 Å². The number of fused-ring (bicyclic) bond motifs is 6. The molecule has 3 heteroatoms. The van der Waals surface area contributed by atoms with Gasteiger partial charge < -0.3 is 8.98 Å². The molecule has 2 aromatic heterocycles. The van der Waals surface area contributed by atoms with Gasteiger partial charge in [-0.15, -0.1) is 0 Å². The molecule has 0 aliphatic carbocycles. The molecule has 27 heavy (non-hydrogen) atoms. The molecule has 0 bridgehead atoms. The molecule has 0 atom stereocenters. The first kappa shape index (κ1) is 14.9. The highest BCUT2D eigenvalue weighted by Crippen LogP contribution is 2.39. The highest BCUT2D eigenvalue weighted by molar-refractivity contribution is 6.36. The zero-order valence-corrected chi connectivity index (χ0v) is 15.1. The van der Waals surface area contributed by atoms with Crippen LogP contribution < -0.4 is 0 Å². The standard InChI is InChI=1S/C24H14ClNO/c25-18-10-5-9-17-23-21(13-6-14-22(23)27-24(17)18)26-19-11-3-1-7-15(19)16-8-2-4-12-20(16)26/h1-14H. The van der Waals surface area contributed by atoms with Gasteiger partial charge >= 0.3 is 0 Å². The van der Waals surface area contributed by atoms with Crippen molar-refractivity contribution < 1.29 is 4.42 Å². The third-order valence-electron chi connectivity index (χ3n) is 5.27. The summed E-state index contributed by atoms with van der Waals surface area (Å²) in [5.74, 6) is 0. The van der Waals surface area contributed by atoms with Crippen LogP contribution in [0.5, 0.6) is 0 Å². The fourth-order valence-corrected chi connectivity index (χ4v) is 4.38. The molecule has 0 N–H and O–H groups in total. The second-order valence-corrected chi connectivity index (χ2v) is 7.15. The second-order valence-electron chi connectivity index (χ2n) is 6.74. The Hall–Kier alpha value is -3.23. The number of nitrogens with zero attached hydrogens (tertiary/aromatic N) is 1. The number of para-hydroxylation sites is 3. The predicted molar refractivity (Wildman–Crippen MR) is 113 cm³/mol. The molecule has 0 spiro atoms. The molecular weight excluding hydrogens is 354 g/mol. The van der Waals surface area contributed by atoms with E-state index < -0.39 is 0 Å². The first-order valence-corrected chi connectivity index (χ1v) is 9.29. The van der Waals surface area contributed by atoms with E-state index in [0.717, 1.165) is 27.6 Å². The molecule has 0 saturated heterocycles. The van der Waals surface area contributed by atoms with Crippen LogP contribution in [-0.4, -0.2) is 4.57 Å². The lowest BCUT2D eigenvalue weighted by molar-refractivity contribution is 0.669. The van der Waals surface area contributed by atoms with Gasteiger partial charge in [-0.2, -0.15) is 0 Å². The molecule has 6 aromatic rings. The van der Waals surface area contributed by atoms with E-state index in [4.69, 9.17) is 16.0 Å². The summed E-state index contributed by atoms with van der Waals surface area (Å²) in [6.07, 6.45) is 0. The van der Waals surface area contributed by atoms with Gasteiger partial charge in [0.05, 0.1) is 27.1 Å². The molecule has 0 fully saturated rings. The highest BCUT2D eigenvalue weighted by atomic mass is 35.5. The Morgan fingerprint density at radius 1 is 0.630 bits per heavy atom. The maximum atomic E-state index is 6.40. The summed E-state index contributed by atoms with van der Waals surface area (Å²) in [6.45, 7) is 0. The minimum atomic E-state index is 0.636. The van der Waals surface area contributed by atoms with Crippen molar-refractivity contribution in [3.05, 3.63) is 90.0 Å². The number of hydrogen-bond acceptors (Lipinski definition) is 1. The van der Waals surface area contributed by atoms with Crippen molar-refractivity contribution in [3.63, 3.8) is 0 Å². The minimum absolute atomic E-state index is 0.636. The van der Waals surface area contributed by atoms with Gasteiger partial charge in [0, 0.05) is 16.2 Å². The van der Waals surface area contributed by atoms with Gasteiger partial charge in [-0.3, -0.25) is 0 Å². The van der Waals surface area contributed by atoms with Crippen molar-refractivity contribution in [2.45, 2.75) is 0 Å². The van der Waals surface area contributed by atoms with Gasteiger partial charge in [0.2, 0.25) is 0 Å². The van der Waals surface area contributed by atoms with Crippen LogP contribution >= 0.6 is 11.6 Å². The van der Waals surface area contributed by atoms with Crippen LogP contribution in [0.15, 0.2) is 89.3 Å². The van der Waals surface area contributed by atoms with E-state index in [1.807, 2.05) is 24.3 Å². The third-order valence-corrected chi connectivity index (χ3v) is 5.57. The smallest absolute Gasteiger partial charge is 0.154 e. The fraction of sp³-hybridized carbons (Fsp3) is 0. The van der Waals surface area contributed by atoms with Crippen molar-refractivity contribution in [3.8, 4) is 5.69 Å². The van der Waals surface area contributed by atoms with Crippen LogP contribution in [0.3, 0.4) is 0 Å². The average molecular weight is 368 g/mol. The Kier molecular flexibility index (Phi) is 2.97. The molecule has 4 aromatic carbocycles. The molecule has 0 radical (unpaired) electrons. The van der Waals surface area contributed by atoms with E-state index in [0.29, 0.717) is 5.02 Å². The summed E-state index contributed by atoms with van der Waals surface area (Å²) in [6, 6.07) is 29.2. The minimum Gasteiger partial charge on any atom is -0.454 e. The Balaban J connectivity index is 1.87. The van der Waals surface area contributed by atoms with E-state index in [1.54, 1.807) is 0 Å². The molecule has 2 nitrogen and oxygen atoms in total. The Bertz CT molecular complexity index is 1440. The lowest BCUT2D eigenvalue weighted by Gasteiger charge is -2.09. The molecule has 6 rings (SSSR count).